The van der Waals surface area contributed by atoms with E-state index in [9.17, 15) is 16.8 Å². The first-order valence-corrected chi connectivity index (χ1v) is 9.86. The van der Waals surface area contributed by atoms with Crippen molar-refractivity contribution in [1.29, 1.82) is 0 Å². The Morgan fingerprint density at radius 2 is 1.90 bits per heavy atom. The summed E-state index contributed by atoms with van der Waals surface area (Å²) in [5.74, 6) is -0.188. The van der Waals surface area contributed by atoms with Crippen molar-refractivity contribution in [2.45, 2.75) is 11.8 Å². The Hall–Kier alpha value is -1.03. The fraction of sp³-hybridized carbons (Fsp3) is 0.455. The van der Waals surface area contributed by atoms with E-state index in [2.05, 4.69) is 9.46 Å². The maximum Gasteiger partial charge on any atom is 0.265 e. The molecule has 0 saturated heterocycles. The van der Waals surface area contributed by atoms with Gasteiger partial charge in [-0.05, 0) is 25.1 Å². The summed E-state index contributed by atoms with van der Waals surface area (Å²) in [5.41, 5.74) is 0.0776. The van der Waals surface area contributed by atoms with E-state index in [0.717, 1.165) is 6.07 Å². The third-order valence-corrected chi connectivity index (χ3v) is 4.93. The maximum atomic E-state index is 11.7. The molecule has 0 aliphatic rings. The summed E-state index contributed by atoms with van der Waals surface area (Å²) in [6.45, 7) is 1.96. The zero-order chi connectivity index (χ0) is 16.1. The van der Waals surface area contributed by atoms with Gasteiger partial charge in [-0.15, -0.1) is 0 Å². The van der Waals surface area contributed by atoms with Crippen molar-refractivity contribution < 1.29 is 26.3 Å². The third kappa shape index (κ3) is 5.70. The molecule has 0 atom stereocenters. The Bertz CT molecular complexity index is 687. The van der Waals surface area contributed by atoms with Gasteiger partial charge in [-0.1, -0.05) is 0 Å². The number of nitrogens with one attached hydrogen (secondary N) is 1. The van der Waals surface area contributed by atoms with Gasteiger partial charge in [0.05, 0.1) is 24.7 Å². The van der Waals surface area contributed by atoms with Gasteiger partial charge in [-0.3, -0.25) is 4.72 Å². The van der Waals surface area contributed by atoms with Crippen molar-refractivity contribution in [2.24, 2.45) is 0 Å². The molecule has 1 N–H and O–H groups in total. The van der Waals surface area contributed by atoms with Gasteiger partial charge < -0.3 is 9.47 Å². The van der Waals surface area contributed by atoms with Crippen LogP contribution in [0.4, 0.5) is 5.69 Å². The van der Waals surface area contributed by atoms with Crippen LogP contribution < -0.4 is 9.46 Å². The van der Waals surface area contributed by atoms with Crippen LogP contribution >= 0.6 is 10.7 Å². The minimum absolute atomic E-state index is 0.0209. The molecule has 0 heterocycles. The molecule has 0 bridgehead atoms. The minimum Gasteiger partial charge on any atom is -0.492 e. The second kappa shape index (κ2) is 7.30. The zero-order valence-corrected chi connectivity index (χ0v) is 13.9. The number of halogens is 1. The predicted molar refractivity (Wildman–Crippen MR) is 79.9 cm³/mol. The molecule has 7 nitrogen and oxygen atoms in total. The Labute approximate surface area is 128 Å². The summed E-state index contributed by atoms with van der Waals surface area (Å²) in [6.07, 6.45) is 0. The second-order valence-corrected chi connectivity index (χ2v) is 8.32. The molecule has 0 radical (unpaired) electrons. The number of ether oxygens (including phenoxy) is 2. The van der Waals surface area contributed by atoms with Crippen LogP contribution in [0.1, 0.15) is 6.92 Å². The van der Waals surface area contributed by atoms with E-state index in [1.165, 1.54) is 19.2 Å². The Morgan fingerprint density at radius 1 is 1.24 bits per heavy atom. The van der Waals surface area contributed by atoms with Gasteiger partial charge >= 0.3 is 0 Å². The van der Waals surface area contributed by atoms with Crippen molar-refractivity contribution in [3.63, 3.8) is 0 Å². The second-order valence-electron chi connectivity index (χ2n) is 3.95. The highest BCUT2D eigenvalue weighted by Crippen LogP contribution is 2.30. The summed E-state index contributed by atoms with van der Waals surface area (Å²) in [4.78, 5) is -0.294. The SMILES string of the molecule is CCOc1ccc(NS(=O)(=O)CCOC)cc1S(=O)(=O)Cl. The Morgan fingerprint density at radius 3 is 2.43 bits per heavy atom. The van der Waals surface area contributed by atoms with E-state index in [-0.39, 0.29) is 35.3 Å². The van der Waals surface area contributed by atoms with Crippen molar-refractivity contribution in [2.75, 3.05) is 30.8 Å². The van der Waals surface area contributed by atoms with Crippen LogP contribution in [0, 0.1) is 0 Å². The maximum absolute atomic E-state index is 11.7. The number of hydrogen-bond acceptors (Lipinski definition) is 6. The molecular formula is C11H16ClNO6S2. The number of anilines is 1. The highest BCUT2D eigenvalue weighted by Gasteiger charge is 2.19. The Balaban J connectivity index is 3.12. The molecule has 0 saturated carbocycles. The summed E-state index contributed by atoms with van der Waals surface area (Å²) in [6, 6.07) is 3.84. The highest BCUT2D eigenvalue weighted by molar-refractivity contribution is 8.13. The summed E-state index contributed by atoms with van der Waals surface area (Å²) < 4.78 is 58.6. The number of methoxy groups -OCH3 is 1. The number of sulfonamides is 1. The van der Waals surface area contributed by atoms with Crippen molar-refractivity contribution in [3.8, 4) is 5.75 Å². The summed E-state index contributed by atoms with van der Waals surface area (Å²) in [5, 5.41) is 0. The molecule has 21 heavy (non-hydrogen) atoms. The number of hydrogen-bond donors (Lipinski definition) is 1. The molecule has 0 unspecified atom stereocenters. The average molecular weight is 358 g/mol. The minimum atomic E-state index is -4.06. The van der Waals surface area contributed by atoms with Gasteiger partial charge in [0.25, 0.3) is 9.05 Å². The lowest BCUT2D eigenvalue weighted by atomic mass is 10.3. The van der Waals surface area contributed by atoms with Gasteiger partial charge in [0.1, 0.15) is 10.6 Å². The van der Waals surface area contributed by atoms with Crippen molar-refractivity contribution >= 4 is 35.4 Å². The monoisotopic (exact) mass is 357 g/mol. The highest BCUT2D eigenvalue weighted by atomic mass is 35.7. The molecule has 0 aliphatic carbocycles. The fourth-order valence-electron chi connectivity index (χ4n) is 1.46. The fourth-order valence-corrected chi connectivity index (χ4v) is 3.43. The standard InChI is InChI=1S/C11H16ClNO6S2/c1-3-19-10-5-4-9(8-11(10)21(12,16)17)13-20(14,15)7-6-18-2/h4-5,8,13H,3,6-7H2,1-2H3. The molecule has 1 aromatic carbocycles. The smallest absolute Gasteiger partial charge is 0.265 e. The lowest BCUT2D eigenvalue weighted by Gasteiger charge is -2.11. The molecule has 0 spiro atoms. The molecule has 0 fully saturated rings. The largest absolute Gasteiger partial charge is 0.492 e. The molecule has 0 aliphatic heterocycles. The van der Waals surface area contributed by atoms with Gasteiger partial charge in [-0.25, -0.2) is 16.8 Å². The molecule has 1 rings (SSSR count). The van der Waals surface area contributed by atoms with E-state index < -0.39 is 19.1 Å². The van der Waals surface area contributed by atoms with Crippen LogP contribution in [-0.4, -0.2) is 42.9 Å². The van der Waals surface area contributed by atoms with E-state index in [0.29, 0.717) is 0 Å². The number of rotatable bonds is 8. The van der Waals surface area contributed by atoms with Crippen LogP contribution in [0.25, 0.3) is 0 Å². The van der Waals surface area contributed by atoms with Crippen LogP contribution in [-0.2, 0) is 23.8 Å². The predicted octanol–water partition coefficient (Wildman–Crippen LogP) is 1.40. The lowest BCUT2D eigenvalue weighted by Crippen LogP contribution is -2.19. The first-order valence-electron chi connectivity index (χ1n) is 5.90. The molecule has 120 valence electrons. The number of benzene rings is 1. The molecule has 10 heteroatoms. The average Bonchev–Trinajstić information content (AvgIpc) is 2.37. The summed E-state index contributed by atoms with van der Waals surface area (Å²) >= 11 is 0. The van der Waals surface area contributed by atoms with Gasteiger partial charge in [0.2, 0.25) is 10.0 Å². The van der Waals surface area contributed by atoms with Crippen LogP contribution in [0.3, 0.4) is 0 Å². The first-order chi connectivity index (χ1) is 9.69. The zero-order valence-electron chi connectivity index (χ0n) is 11.5. The van der Waals surface area contributed by atoms with E-state index >= 15 is 0 Å². The van der Waals surface area contributed by atoms with Gasteiger partial charge in [0, 0.05) is 17.8 Å². The first kappa shape index (κ1) is 18.0. The quantitative estimate of drug-likeness (QED) is 0.706. The van der Waals surface area contributed by atoms with Crippen LogP contribution in [0.2, 0.25) is 0 Å². The Kier molecular flexibility index (Phi) is 6.26. The normalized spacial score (nSPS) is 12.1. The molecule has 0 amide bonds. The molecule has 0 aromatic heterocycles. The molecular weight excluding hydrogens is 342 g/mol. The van der Waals surface area contributed by atoms with Crippen molar-refractivity contribution in [1.82, 2.24) is 0 Å². The lowest BCUT2D eigenvalue weighted by molar-refractivity contribution is 0.217. The van der Waals surface area contributed by atoms with E-state index in [4.69, 9.17) is 15.4 Å². The van der Waals surface area contributed by atoms with E-state index in [1.807, 2.05) is 0 Å². The van der Waals surface area contributed by atoms with Crippen molar-refractivity contribution in [3.05, 3.63) is 18.2 Å². The van der Waals surface area contributed by atoms with Crippen LogP contribution in [0.15, 0.2) is 23.1 Å². The topological polar surface area (TPSA) is 98.8 Å². The van der Waals surface area contributed by atoms with Gasteiger partial charge in [-0.2, -0.15) is 0 Å². The van der Waals surface area contributed by atoms with Gasteiger partial charge in [0.15, 0.2) is 0 Å². The molecule has 1 aromatic rings. The third-order valence-electron chi connectivity index (χ3n) is 2.34. The summed E-state index contributed by atoms with van der Waals surface area (Å²) in [7, 11) is -1.00. The van der Waals surface area contributed by atoms with Crippen LogP contribution in [0.5, 0.6) is 5.75 Å². The van der Waals surface area contributed by atoms with E-state index in [1.54, 1.807) is 6.92 Å².